The van der Waals surface area contributed by atoms with Gasteiger partial charge in [-0.2, -0.15) is 0 Å². The standard InChI is InChI=1S/C14H19ClN2O4/c1-16(10-14(18)4-6-21-7-5-14)9-11-2-3-12(15)13(8-11)17(19)20/h2-3,8,18H,4-7,9-10H2,1H3. The highest BCUT2D eigenvalue weighted by Gasteiger charge is 2.31. The monoisotopic (exact) mass is 314 g/mol. The largest absolute Gasteiger partial charge is 0.388 e. The van der Waals surface area contributed by atoms with Crippen molar-refractivity contribution in [3.63, 3.8) is 0 Å². The molecule has 7 heteroatoms. The Hall–Kier alpha value is -1.21. The summed E-state index contributed by atoms with van der Waals surface area (Å²) in [5.74, 6) is 0. The lowest BCUT2D eigenvalue weighted by molar-refractivity contribution is -0.384. The molecule has 0 aromatic heterocycles. The highest BCUT2D eigenvalue weighted by Crippen LogP contribution is 2.26. The first-order valence-electron chi connectivity index (χ1n) is 6.81. The van der Waals surface area contributed by atoms with Gasteiger partial charge in [-0.1, -0.05) is 17.7 Å². The highest BCUT2D eigenvalue weighted by atomic mass is 35.5. The number of benzene rings is 1. The Morgan fingerprint density at radius 1 is 1.48 bits per heavy atom. The van der Waals surface area contributed by atoms with Crippen LogP contribution in [0.5, 0.6) is 0 Å². The number of hydrogen-bond acceptors (Lipinski definition) is 5. The van der Waals surface area contributed by atoms with E-state index in [1.165, 1.54) is 12.1 Å². The third-order valence-electron chi connectivity index (χ3n) is 3.65. The van der Waals surface area contributed by atoms with Gasteiger partial charge in [-0.15, -0.1) is 0 Å². The summed E-state index contributed by atoms with van der Waals surface area (Å²) in [6.07, 6.45) is 1.22. The topological polar surface area (TPSA) is 75.8 Å². The number of halogens is 1. The van der Waals surface area contributed by atoms with Crippen molar-refractivity contribution in [1.29, 1.82) is 0 Å². The van der Waals surface area contributed by atoms with Gasteiger partial charge < -0.3 is 9.84 Å². The van der Waals surface area contributed by atoms with Crippen LogP contribution < -0.4 is 0 Å². The third kappa shape index (κ3) is 4.38. The summed E-state index contributed by atoms with van der Waals surface area (Å²) in [6.45, 7) is 2.15. The van der Waals surface area contributed by atoms with Crippen molar-refractivity contribution in [3.8, 4) is 0 Å². The van der Waals surface area contributed by atoms with Crippen molar-refractivity contribution >= 4 is 17.3 Å². The maximum absolute atomic E-state index is 10.9. The Kier molecular flexibility index (Phi) is 5.16. The molecule has 1 N–H and O–H groups in total. The molecule has 1 aromatic carbocycles. The van der Waals surface area contributed by atoms with Crippen LogP contribution in [0, 0.1) is 10.1 Å². The van der Waals surface area contributed by atoms with E-state index in [1.54, 1.807) is 6.07 Å². The molecule has 0 aliphatic carbocycles. The molecule has 0 radical (unpaired) electrons. The van der Waals surface area contributed by atoms with Gasteiger partial charge in [-0.05, 0) is 18.7 Å². The Labute approximate surface area is 128 Å². The zero-order valence-electron chi connectivity index (χ0n) is 11.9. The van der Waals surface area contributed by atoms with Crippen molar-refractivity contribution in [2.45, 2.75) is 25.0 Å². The van der Waals surface area contributed by atoms with Crippen LogP contribution in [0.2, 0.25) is 5.02 Å². The number of nitrogens with zero attached hydrogens (tertiary/aromatic N) is 2. The van der Waals surface area contributed by atoms with E-state index in [2.05, 4.69) is 0 Å². The summed E-state index contributed by atoms with van der Waals surface area (Å²) in [6, 6.07) is 4.78. The molecule has 1 fully saturated rings. The van der Waals surface area contributed by atoms with Crippen LogP contribution in [0.3, 0.4) is 0 Å². The molecule has 2 rings (SSSR count). The van der Waals surface area contributed by atoms with Crippen LogP contribution in [0.4, 0.5) is 5.69 Å². The fourth-order valence-electron chi connectivity index (χ4n) is 2.58. The first kappa shape index (κ1) is 16.2. The van der Waals surface area contributed by atoms with Gasteiger partial charge in [-0.25, -0.2) is 0 Å². The van der Waals surface area contributed by atoms with Crippen molar-refractivity contribution in [2.24, 2.45) is 0 Å². The lowest BCUT2D eigenvalue weighted by Gasteiger charge is -2.35. The van der Waals surface area contributed by atoms with Crippen LogP contribution in [0.25, 0.3) is 0 Å². The molecule has 1 aromatic rings. The van der Waals surface area contributed by atoms with Crippen LogP contribution >= 0.6 is 11.6 Å². The Balaban J connectivity index is 2.00. The lowest BCUT2D eigenvalue weighted by Crippen LogP contribution is -2.45. The quantitative estimate of drug-likeness (QED) is 0.666. The Morgan fingerprint density at radius 3 is 2.76 bits per heavy atom. The summed E-state index contributed by atoms with van der Waals surface area (Å²) >= 11 is 5.80. The first-order valence-corrected chi connectivity index (χ1v) is 7.19. The fourth-order valence-corrected chi connectivity index (χ4v) is 2.76. The first-order chi connectivity index (χ1) is 9.89. The minimum absolute atomic E-state index is 0.0904. The van der Waals surface area contributed by atoms with E-state index in [1.807, 2.05) is 11.9 Å². The van der Waals surface area contributed by atoms with Gasteiger partial charge >= 0.3 is 0 Å². The fraction of sp³-hybridized carbons (Fsp3) is 0.571. The molecular formula is C14H19ClN2O4. The SMILES string of the molecule is CN(Cc1ccc(Cl)c([N+](=O)[O-])c1)CC1(O)CCOCC1. The molecule has 6 nitrogen and oxygen atoms in total. The number of likely N-dealkylation sites (N-methyl/N-ethyl adjacent to an activating group) is 1. The molecular weight excluding hydrogens is 296 g/mol. The predicted molar refractivity (Wildman–Crippen MR) is 79.4 cm³/mol. The smallest absolute Gasteiger partial charge is 0.288 e. The summed E-state index contributed by atoms with van der Waals surface area (Å²) in [7, 11) is 1.88. The molecule has 0 saturated carbocycles. The van der Waals surface area contributed by atoms with Gasteiger partial charge in [0.2, 0.25) is 0 Å². The van der Waals surface area contributed by atoms with Crippen molar-refractivity contribution in [3.05, 3.63) is 38.9 Å². The average Bonchev–Trinajstić information content (AvgIpc) is 2.40. The number of nitro benzene ring substituents is 1. The minimum atomic E-state index is -0.745. The maximum atomic E-state index is 10.9. The van der Waals surface area contributed by atoms with Gasteiger partial charge in [0.25, 0.3) is 5.69 Å². The summed E-state index contributed by atoms with van der Waals surface area (Å²) in [5.41, 5.74) is -0.0395. The molecule has 0 bridgehead atoms. The molecule has 1 saturated heterocycles. The number of aliphatic hydroxyl groups is 1. The molecule has 1 heterocycles. The molecule has 21 heavy (non-hydrogen) atoms. The van der Waals surface area contributed by atoms with E-state index >= 15 is 0 Å². The second-order valence-electron chi connectivity index (χ2n) is 5.55. The summed E-state index contributed by atoms with van der Waals surface area (Å²) in [4.78, 5) is 12.3. The third-order valence-corrected chi connectivity index (χ3v) is 3.97. The van der Waals surface area contributed by atoms with Gasteiger partial charge in [-0.3, -0.25) is 15.0 Å². The molecule has 0 atom stereocenters. The van der Waals surface area contributed by atoms with E-state index < -0.39 is 10.5 Å². The molecule has 0 spiro atoms. The molecule has 1 aliphatic rings. The van der Waals surface area contributed by atoms with E-state index in [0.717, 1.165) is 5.56 Å². The van der Waals surface area contributed by atoms with Gasteiger partial charge in [0.15, 0.2) is 0 Å². The molecule has 1 aliphatic heterocycles. The highest BCUT2D eigenvalue weighted by molar-refractivity contribution is 6.32. The van der Waals surface area contributed by atoms with E-state index in [-0.39, 0.29) is 10.7 Å². The van der Waals surface area contributed by atoms with Crippen LogP contribution in [0.15, 0.2) is 18.2 Å². The predicted octanol–water partition coefficient (Wildman–Crippen LogP) is 2.22. The summed E-state index contributed by atoms with van der Waals surface area (Å²) < 4.78 is 5.25. The van der Waals surface area contributed by atoms with Gasteiger partial charge in [0.1, 0.15) is 5.02 Å². The second-order valence-corrected chi connectivity index (χ2v) is 5.96. The minimum Gasteiger partial charge on any atom is -0.388 e. The number of rotatable bonds is 5. The zero-order valence-corrected chi connectivity index (χ0v) is 12.7. The van der Waals surface area contributed by atoms with Crippen molar-refractivity contribution in [1.82, 2.24) is 4.90 Å². The second kappa shape index (κ2) is 6.70. The van der Waals surface area contributed by atoms with Crippen molar-refractivity contribution < 1.29 is 14.8 Å². The lowest BCUT2D eigenvalue weighted by atomic mass is 9.94. The molecule has 0 amide bonds. The van der Waals surface area contributed by atoms with Crippen LogP contribution in [-0.2, 0) is 11.3 Å². The zero-order chi connectivity index (χ0) is 15.5. The summed E-state index contributed by atoms with van der Waals surface area (Å²) in [5, 5.41) is 21.5. The van der Waals surface area contributed by atoms with E-state index in [4.69, 9.17) is 16.3 Å². The average molecular weight is 315 g/mol. The normalized spacial score (nSPS) is 17.9. The van der Waals surface area contributed by atoms with E-state index in [0.29, 0.717) is 39.1 Å². The van der Waals surface area contributed by atoms with Crippen LogP contribution in [0.1, 0.15) is 18.4 Å². The molecule has 116 valence electrons. The van der Waals surface area contributed by atoms with Gasteiger partial charge in [0, 0.05) is 45.2 Å². The van der Waals surface area contributed by atoms with E-state index in [9.17, 15) is 15.2 Å². The Morgan fingerprint density at radius 2 is 2.14 bits per heavy atom. The number of hydrogen-bond donors (Lipinski definition) is 1. The van der Waals surface area contributed by atoms with Crippen LogP contribution in [-0.4, -0.2) is 47.3 Å². The van der Waals surface area contributed by atoms with Crippen molar-refractivity contribution in [2.75, 3.05) is 26.8 Å². The maximum Gasteiger partial charge on any atom is 0.288 e. The van der Waals surface area contributed by atoms with Gasteiger partial charge in [0.05, 0.1) is 10.5 Å². The number of nitro groups is 1. The molecule has 0 unspecified atom stereocenters. The Bertz CT molecular complexity index is 518. The number of ether oxygens (including phenoxy) is 1.